The lowest BCUT2D eigenvalue weighted by molar-refractivity contribution is -0.120. The van der Waals surface area contributed by atoms with Gasteiger partial charge >= 0.3 is 0 Å². The smallest absolute Gasteiger partial charge is 0.224 e. The van der Waals surface area contributed by atoms with Crippen LogP contribution in [0, 0.1) is 13.8 Å². The molecule has 0 aliphatic carbocycles. The summed E-state index contributed by atoms with van der Waals surface area (Å²) in [6.45, 7) is 13.7. The molecule has 1 rings (SSSR count). The number of carbonyl (C=O) groups is 1. The van der Waals surface area contributed by atoms with Crippen molar-refractivity contribution in [3.8, 4) is 0 Å². The fourth-order valence-electron chi connectivity index (χ4n) is 1.41. The van der Waals surface area contributed by atoms with Gasteiger partial charge in [0.25, 0.3) is 0 Å². The Morgan fingerprint density at radius 2 is 2.06 bits per heavy atom. The van der Waals surface area contributed by atoms with Crippen LogP contribution >= 0.6 is 0 Å². The molecule has 0 saturated carbocycles. The van der Waals surface area contributed by atoms with Crippen LogP contribution in [0.2, 0.25) is 0 Å². The molecule has 92 valence electrons. The Morgan fingerprint density at radius 1 is 1.41 bits per heavy atom. The minimum absolute atomic E-state index is 0.0278. The van der Waals surface area contributed by atoms with Gasteiger partial charge in [-0.25, -0.2) is 0 Å². The molecule has 0 saturated heterocycles. The number of hydrogen-bond acceptors (Lipinski definition) is 2. The van der Waals surface area contributed by atoms with Crippen molar-refractivity contribution in [1.82, 2.24) is 15.5 Å². The van der Waals surface area contributed by atoms with Gasteiger partial charge in [-0.1, -0.05) is 18.7 Å². The van der Waals surface area contributed by atoms with Crippen LogP contribution in [0.25, 0.3) is 0 Å². The van der Waals surface area contributed by atoms with Crippen molar-refractivity contribution in [3.63, 3.8) is 0 Å². The molecule has 2 N–H and O–H groups in total. The Kier molecular flexibility index (Phi) is 4.26. The van der Waals surface area contributed by atoms with Gasteiger partial charge in [-0.2, -0.15) is 5.10 Å². The monoisotopic (exact) mass is 233 g/mol. The molecule has 17 heavy (non-hydrogen) atoms. The van der Waals surface area contributed by atoms with Crippen molar-refractivity contribution in [3.05, 3.63) is 41.3 Å². The number of H-pyrrole nitrogens is 1. The number of aryl methyl sites for hydroxylation is 2. The first kappa shape index (κ1) is 13.2. The van der Waals surface area contributed by atoms with Gasteiger partial charge in [0, 0.05) is 17.8 Å². The van der Waals surface area contributed by atoms with E-state index in [1.807, 2.05) is 20.8 Å². The maximum Gasteiger partial charge on any atom is 0.224 e. The van der Waals surface area contributed by atoms with Crippen molar-refractivity contribution in [1.29, 1.82) is 0 Å². The second-order valence-electron chi connectivity index (χ2n) is 4.25. The van der Waals surface area contributed by atoms with Gasteiger partial charge in [0.15, 0.2) is 0 Å². The van der Waals surface area contributed by atoms with E-state index in [0.717, 1.165) is 28.1 Å². The summed E-state index contributed by atoms with van der Waals surface area (Å²) in [5, 5.41) is 9.74. The van der Waals surface area contributed by atoms with Crippen LogP contribution in [0.4, 0.5) is 0 Å². The van der Waals surface area contributed by atoms with E-state index in [4.69, 9.17) is 0 Å². The zero-order valence-corrected chi connectivity index (χ0v) is 10.7. The number of aromatic nitrogens is 2. The maximum absolute atomic E-state index is 11.7. The van der Waals surface area contributed by atoms with E-state index in [1.54, 1.807) is 0 Å². The Labute approximate surface area is 102 Å². The molecular formula is C13H19N3O. The highest BCUT2D eigenvalue weighted by molar-refractivity contribution is 5.79. The first-order valence-corrected chi connectivity index (χ1v) is 5.52. The average molecular weight is 233 g/mol. The third-order valence-electron chi connectivity index (χ3n) is 2.72. The lowest BCUT2D eigenvalue weighted by Gasteiger charge is -2.07. The minimum Gasteiger partial charge on any atom is -0.352 e. The number of rotatable bonds is 5. The Morgan fingerprint density at radius 3 is 2.53 bits per heavy atom. The molecule has 0 spiro atoms. The molecular weight excluding hydrogens is 214 g/mol. The Balaban J connectivity index is 2.51. The first-order valence-electron chi connectivity index (χ1n) is 5.52. The lowest BCUT2D eigenvalue weighted by atomic mass is 10.1. The number of nitrogens with zero attached hydrogens (tertiary/aromatic N) is 1. The zero-order valence-electron chi connectivity index (χ0n) is 10.7. The van der Waals surface area contributed by atoms with E-state index < -0.39 is 0 Å². The number of amides is 1. The van der Waals surface area contributed by atoms with Crippen LogP contribution in [0.3, 0.4) is 0 Å². The van der Waals surface area contributed by atoms with Gasteiger partial charge in [0.2, 0.25) is 5.91 Å². The second-order valence-corrected chi connectivity index (χ2v) is 4.25. The quantitative estimate of drug-likeness (QED) is 0.762. The summed E-state index contributed by atoms with van der Waals surface area (Å²) in [5.41, 5.74) is 4.51. The summed E-state index contributed by atoms with van der Waals surface area (Å²) in [6.07, 6.45) is 0.345. The zero-order chi connectivity index (χ0) is 13.0. The molecule has 0 atom stereocenters. The molecule has 0 unspecified atom stereocenters. The molecule has 0 bridgehead atoms. The van der Waals surface area contributed by atoms with Gasteiger partial charge < -0.3 is 5.32 Å². The van der Waals surface area contributed by atoms with Crippen LogP contribution in [0.15, 0.2) is 24.3 Å². The van der Waals surface area contributed by atoms with Crippen LogP contribution < -0.4 is 5.32 Å². The Hall–Kier alpha value is -1.84. The summed E-state index contributed by atoms with van der Waals surface area (Å²) in [4.78, 5) is 11.7. The fourth-order valence-corrected chi connectivity index (χ4v) is 1.41. The van der Waals surface area contributed by atoms with Gasteiger partial charge in [-0.15, -0.1) is 0 Å². The molecule has 0 radical (unpaired) electrons. The topological polar surface area (TPSA) is 57.8 Å². The lowest BCUT2D eigenvalue weighted by Crippen LogP contribution is -2.27. The van der Waals surface area contributed by atoms with E-state index in [1.165, 1.54) is 0 Å². The summed E-state index contributed by atoms with van der Waals surface area (Å²) < 4.78 is 0. The number of carbonyl (C=O) groups excluding carboxylic acids is 1. The highest BCUT2D eigenvalue weighted by atomic mass is 16.1. The van der Waals surface area contributed by atoms with E-state index in [9.17, 15) is 4.79 Å². The van der Waals surface area contributed by atoms with Crippen LogP contribution in [0.1, 0.15) is 23.9 Å². The molecule has 4 nitrogen and oxygen atoms in total. The molecule has 0 aliphatic rings. The van der Waals surface area contributed by atoms with Gasteiger partial charge in [0.1, 0.15) is 0 Å². The molecule has 1 amide bonds. The molecule has 0 aliphatic heterocycles. The average Bonchev–Trinajstić information content (AvgIpc) is 2.57. The third kappa shape index (κ3) is 3.59. The van der Waals surface area contributed by atoms with Gasteiger partial charge in [0.05, 0.1) is 12.1 Å². The van der Waals surface area contributed by atoms with Gasteiger partial charge in [-0.05, 0) is 26.3 Å². The highest BCUT2D eigenvalue weighted by Crippen LogP contribution is 2.10. The summed E-state index contributed by atoms with van der Waals surface area (Å²) in [6, 6.07) is 0. The van der Waals surface area contributed by atoms with Crippen molar-refractivity contribution in [2.75, 3.05) is 6.54 Å². The predicted molar refractivity (Wildman–Crippen MR) is 68.7 cm³/mol. The molecule has 1 aromatic heterocycles. The van der Waals surface area contributed by atoms with Gasteiger partial charge in [-0.3, -0.25) is 9.89 Å². The van der Waals surface area contributed by atoms with Crippen molar-refractivity contribution < 1.29 is 4.79 Å². The van der Waals surface area contributed by atoms with Crippen LogP contribution in [-0.4, -0.2) is 22.6 Å². The fraction of sp³-hybridized carbons (Fsp3) is 0.385. The van der Waals surface area contributed by atoms with E-state index in [-0.39, 0.29) is 5.91 Å². The highest BCUT2D eigenvalue weighted by Gasteiger charge is 2.11. The predicted octanol–water partition coefficient (Wildman–Crippen LogP) is 1.82. The third-order valence-corrected chi connectivity index (χ3v) is 2.72. The standard InChI is InChI=1S/C13H19N3O/c1-8(2)9(3)7-14-13(17)6-12-10(4)15-16-11(12)5/h1,3,6-7H2,2,4-5H3,(H,14,17)(H,15,16). The van der Waals surface area contributed by atoms with E-state index >= 15 is 0 Å². The molecule has 4 heteroatoms. The summed E-state index contributed by atoms with van der Waals surface area (Å²) in [7, 11) is 0. The molecule has 1 heterocycles. The van der Waals surface area contributed by atoms with Crippen LogP contribution in [-0.2, 0) is 11.2 Å². The first-order chi connectivity index (χ1) is 7.91. The SMILES string of the molecule is C=C(C)C(=C)CNC(=O)Cc1c(C)n[nH]c1C. The molecule has 1 aromatic rings. The number of hydrogen-bond donors (Lipinski definition) is 2. The largest absolute Gasteiger partial charge is 0.352 e. The van der Waals surface area contributed by atoms with Crippen LogP contribution in [0.5, 0.6) is 0 Å². The maximum atomic E-state index is 11.7. The number of nitrogens with one attached hydrogen (secondary N) is 2. The van der Waals surface area contributed by atoms with Crippen molar-refractivity contribution in [2.45, 2.75) is 27.2 Å². The minimum atomic E-state index is -0.0278. The second kappa shape index (κ2) is 5.48. The summed E-state index contributed by atoms with van der Waals surface area (Å²) >= 11 is 0. The summed E-state index contributed by atoms with van der Waals surface area (Å²) in [5.74, 6) is -0.0278. The van der Waals surface area contributed by atoms with Crippen molar-refractivity contribution in [2.24, 2.45) is 0 Å². The van der Waals surface area contributed by atoms with E-state index in [0.29, 0.717) is 13.0 Å². The molecule has 0 aromatic carbocycles. The normalized spacial score (nSPS) is 10.1. The molecule has 0 fully saturated rings. The van der Waals surface area contributed by atoms with E-state index in [2.05, 4.69) is 28.7 Å². The van der Waals surface area contributed by atoms with Crippen molar-refractivity contribution >= 4 is 5.91 Å². The Bertz CT molecular complexity index is 438. The number of aromatic amines is 1.